The van der Waals surface area contributed by atoms with Crippen LogP contribution in [0.15, 0.2) is 29.4 Å². The zero-order valence-corrected chi connectivity index (χ0v) is 19.8. The van der Waals surface area contributed by atoms with Gasteiger partial charge in [0.25, 0.3) is 15.9 Å². The van der Waals surface area contributed by atoms with Crippen molar-refractivity contribution in [1.82, 2.24) is 24.4 Å². The van der Waals surface area contributed by atoms with E-state index in [-0.39, 0.29) is 26.8 Å². The molecule has 2 aromatic rings. The molecule has 1 saturated heterocycles. The first-order valence-electron chi connectivity index (χ1n) is 9.82. The Bertz CT molecular complexity index is 1130. The number of nitrogens with zero attached hydrogens (tertiary/aromatic N) is 4. The monoisotopic (exact) mass is 503 g/mol. The van der Waals surface area contributed by atoms with Crippen LogP contribution in [-0.2, 0) is 16.6 Å². The van der Waals surface area contributed by atoms with Crippen LogP contribution in [0.3, 0.4) is 0 Å². The van der Waals surface area contributed by atoms with Crippen molar-refractivity contribution in [3.8, 4) is 0 Å². The molecule has 0 aromatic carbocycles. The average molecular weight is 504 g/mol. The van der Waals surface area contributed by atoms with Crippen LogP contribution in [0.1, 0.15) is 43.5 Å². The fourth-order valence-corrected chi connectivity index (χ4v) is 5.22. The van der Waals surface area contributed by atoms with Gasteiger partial charge in [0.1, 0.15) is 10.3 Å². The minimum Gasteiger partial charge on any atom is -0.465 e. The van der Waals surface area contributed by atoms with E-state index in [2.05, 4.69) is 10.1 Å². The second-order valence-corrected chi connectivity index (χ2v) is 10.6. The first kappa shape index (κ1) is 24.3. The molecule has 1 unspecified atom stereocenters. The van der Waals surface area contributed by atoms with Gasteiger partial charge in [-0.05, 0) is 57.2 Å². The number of rotatable bonds is 7. The highest BCUT2D eigenvalue weighted by Crippen LogP contribution is 2.35. The maximum Gasteiger partial charge on any atom is 0.407 e. The molecule has 174 valence electrons. The minimum atomic E-state index is -4.21. The number of carboxylic acid groups (broad SMARTS) is 1. The fourth-order valence-electron chi connectivity index (χ4n) is 3.88. The van der Waals surface area contributed by atoms with E-state index in [1.54, 1.807) is 0 Å². The molecule has 3 heterocycles. The number of likely N-dealkylation sites (tertiary alicyclic amines) is 1. The van der Waals surface area contributed by atoms with Crippen molar-refractivity contribution in [2.24, 2.45) is 5.92 Å². The molecule has 2 amide bonds. The van der Waals surface area contributed by atoms with Gasteiger partial charge in [-0.15, -0.1) is 0 Å². The van der Waals surface area contributed by atoms with Crippen LogP contribution < -0.4 is 4.72 Å². The number of carbonyl (C=O) groups is 2. The van der Waals surface area contributed by atoms with E-state index in [9.17, 15) is 23.1 Å². The molecular formula is C19H23Cl2N5O5S. The van der Waals surface area contributed by atoms with Crippen LogP contribution in [0, 0.1) is 5.92 Å². The summed E-state index contributed by atoms with van der Waals surface area (Å²) in [5.74, 6) is -0.711. The van der Waals surface area contributed by atoms with Crippen LogP contribution in [0.4, 0.5) is 4.79 Å². The van der Waals surface area contributed by atoms with Gasteiger partial charge in [-0.25, -0.2) is 14.5 Å². The maximum atomic E-state index is 12.5. The summed E-state index contributed by atoms with van der Waals surface area (Å²) in [6.07, 6.45) is 2.85. The molecular weight excluding hydrogens is 481 g/mol. The number of hydrogen-bond acceptors (Lipinski definition) is 6. The van der Waals surface area contributed by atoms with Gasteiger partial charge in [-0.2, -0.15) is 13.5 Å². The van der Waals surface area contributed by atoms with Gasteiger partial charge in [0.2, 0.25) is 0 Å². The fraction of sp³-hybridized carbons (Fsp3) is 0.474. The Balaban J connectivity index is 1.57. The molecule has 1 atom stereocenters. The second-order valence-electron chi connectivity index (χ2n) is 8.24. The van der Waals surface area contributed by atoms with E-state index >= 15 is 0 Å². The zero-order valence-electron chi connectivity index (χ0n) is 17.5. The van der Waals surface area contributed by atoms with Crippen molar-refractivity contribution >= 4 is 45.2 Å². The molecule has 0 bridgehead atoms. The van der Waals surface area contributed by atoms with Crippen molar-refractivity contribution in [2.75, 3.05) is 6.54 Å². The first-order valence-corrected chi connectivity index (χ1v) is 12.1. The number of hydrogen-bond donors (Lipinski definition) is 2. The lowest BCUT2D eigenvalue weighted by Crippen LogP contribution is -2.41. The van der Waals surface area contributed by atoms with Gasteiger partial charge >= 0.3 is 6.09 Å². The van der Waals surface area contributed by atoms with Crippen LogP contribution >= 0.6 is 23.2 Å². The van der Waals surface area contributed by atoms with Crippen molar-refractivity contribution in [3.05, 3.63) is 40.3 Å². The third-order valence-electron chi connectivity index (χ3n) is 5.37. The summed E-state index contributed by atoms with van der Waals surface area (Å²) in [6.45, 7) is 4.76. The van der Waals surface area contributed by atoms with Crippen LogP contribution in [0.2, 0.25) is 10.3 Å². The van der Waals surface area contributed by atoms with Crippen LogP contribution in [0.25, 0.3) is 0 Å². The Hall–Kier alpha value is -2.37. The van der Waals surface area contributed by atoms with Crippen molar-refractivity contribution in [1.29, 1.82) is 0 Å². The van der Waals surface area contributed by atoms with Gasteiger partial charge in [-0.3, -0.25) is 9.48 Å². The molecule has 13 heteroatoms. The number of aromatic nitrogens is 3. The van der Waals surface area contributed by atoms with Crippen molar-refractivity contribution < 1.29 is 23.1 Å². The number of carbonyl (C=O) groups excluding carboxylic acids is 1. The summed E-state index contributed by atoms with van der Waals surface area (Å²) in [4.78, 5) is 28.8. The molecule has 2 aromatic heterocycles. The first-order chi connectivity index (χ1) is 14.9. The highest BCUT2D eigenvalue weighted by Gasteiger charge is 2.40. The predicted molar refractivity (Wildman–Crippen MR) is 117 cm³/mol. The Morgan fingerprint density at radius 2 is 2.00 bits per heavy atom. The quantitative estimate of drug-likeness (QED) is 0.553. The Morgan fingerprint density at radius 3 is 2.62 bits per heavy atom. The Kier molecular flexibility index (Phi) is 7.01. The van der Waals surface area contributed by atoms with E-state index in [0.29, 0.717) is 19.5 Å². The smallest absolute Gasteiger partial charge is 0.407 e. The summed E-state index contributed by atoms with van der Waals surface area (Å²) in [5, 5.41) is 12.9. The van der Waals surface area contributed by atoms with Crippen LogP contribution in [-0.4, -0.2) is 57.3 Å². The van der Waals surface area contributed by atoms with Crippen molar-refractivity contribution in [3.63, 3.8) is 0 Å². The third kappa shape index (κ3) is 5.51. The predicted octanol–water partition coefficient (Wildman–Crippen LogP) is 3.26. The summed E-state index contributed by atoms with van der Waals surface area (Å²) >= 11 is 11.5. The molecule has 10 nitrogen and oxygen atoms in total. The molecule has 0 radical (unpaired) electrons. The maximum absolute atomic E-state index is 12.5. The van der Waals surface area contributed by atoms with E-state index in [1.807, 2.05) is 18.6 Å². The molecule has 0 saturated carbocycles. The zero-order chi connectivity index (χ0) is 23.7. The standard InChI is InChI=1S/C19H23Cl2N5O5S/c1-19(2)10-12(11-26(19)18(28)29)4-3-8-25-9-7-15(23-25)32(30,31)24-17(27)13-5-6-14(20)22-16(13)21/h5-7,9,12H,3-4,8,10-11H2,1-2H3,(H,24,27)(H,28,29). The summed E-state index contributed by atoms with van der Waals surface area (Å²) in [6, 6.07) is 3.89. The van der Waals surface area contributed by atoms with E-state index in [1.165, 1.54) is 34.0 Å². The molecule has 2 N–H and O–H groups in total. The van der Waals surface area contributed by atoms with E-state index < -0.39 is 27.6 Å². The van der Waals surface area contributed by atoms with Crippen LogP contribution in [0.5, 0.6) is 0 Å². The highest BCUT2D eigenvalue weighted by atomic mass is 35.5. The van der Waals surface area contributed by atoms with Gasteiger partial charge in [-0.1, -0.05) is 23.2 Å². The third-order valence-corrected chi connectivity index (χ3v) is 7.09. The lowest BCUT2D eigenvalue weighted by atomic mass is 9.93. The molecule has 1 aliphatic heterocycles. The number of aryl methyl sites for hydroxylation is 1. The average Bonchev–Trinajstić information content (AvgIpc) is 3.25. The lowest BCUT2D eigenvalue weighted by Gasteiger charge is -2.28. The van der Waals surface area contributed by atoms with E-state index in [4.69, 9.17) is 23.2 Å². The molecule has 3 rings (SSSR count). The van der Waals surface area contributed by atoms with Gasteiger partial charge in [0.05, 0.1) is 5.56 Å². The topological polar surface area (TPSA) is 134 Å². The SMILES string of the molecule is CC1(C)CC(CCCn2ccc(S(=O)(=O)NC(=O)c3ccc(Cl)nc3Cl)n2)CN1C(=O)O. The Morgan fingerprint density at radius 1 is 1.28 bits per heavy atom. The number of amides is 2. The number of pyridine rings is 1. The summed E-state index contributed by atoms with van der Waals surface area (Å²) in [7, 11) is -4.21. The summed E-state index contributed by atoms with van der Waals surface area (Å²) < 4.78 is 28.4. The highest BCUT2D eigenvalue weighted by molar-refractivity contribution is 7.90. The number of halogens is 2. The van der Waals surface area contributed by atoms with Gasteiger partial charge < -0.3 is 10.0 Å². The summed E-state index contributed by atoms with van der Waals surface area (Å²) in [5.41, 5.74) is -0.529. The van der Waals surface area contributed by atoms with E-state index in [0.717, 1.165) is 12.8 Å². The van der Waals surface area contributed by atoms with Gasteiger partial charge in [0, 0.05) is 24.8 Å². The molecule has 1 fully saturated rings. The molecule has 0 spiro atoms. The number of sulfonamides is 1. The lowest BCUT2D eigenvalue weighted by molar-refractivity contribution is 0.0980. The Labute approximate surface area is 195 Å². The molecule has 0 aliphatic carbocycles. The molecule has 1 aliphatic rings. The second kappa shape index (κ2) is 9.24. The normalized spacial score (nSPS) is 18.0. The van der Waals surface area contributed by atoms with Crippen molar-refractivity contribution in [2.45, 2.75) is 50.2 Å². The minimum absolute atomic E-state index is 0.0741. The molecule has 32 heavy (non-hydrogen) atoms. The number of nitrogens with one attached hydrogen (secondary N) is 1. The van der Waals surface area contributed by atoms with Gasteiger partial charge in [0.15, 0.2) is 5.03 Å². The largest absolute Gasteiger partial charge is 0.465 e.